The summed E-state index contributed by atoms with van der Waals surface area (Å²) >= 11 is 0. The number of carbonyl (C=O) groups excluding carboxylic acids is 1. The Morgan fingerprint density at radius 1 is 1.18 bits per heavy atom. The molecule has 3 heterocycles. The molecule has 0 N–H and O–H groups in total. The lowest BCUT2D eigenvalue weighted by atomic mass is 10.1. The second-order valence-electron chi connectivity index (χ2n) is 7.67. The largest absolute Gasteiger partial charge is 0.374 e. The van der Waals surface area contributed by atoms with Crippen molar-refractivity contribution in [2.24, 2.45) is 0 Å². The number of hydrogen-bond donors (Lipinski definition) is 0. The van der Waals surface area contributed by atoms with Gasteiger partial charge in [-0.1, -0.05) is 37.3 Å². The molecule has 28 heavy (non-hydrogen) atoms. The smallest absolute Gasteiger partial charge is 0.225 e. The molecule has 2 saturated heterocycles. The first-order valence-electron chi connectivity index (χ1n) is 10.2. The van der Waals surface area contributed by atoms with Crippen molar-refractivity contribution >= 4 is 11.7 Å². The van der Waals surface area contributed by atoms with E-state index in [1.54, 1.807) is 0 Å². The van der Waals surface area contributed by atoms with Gasteiger partial charge in [-0.2, -0.15) is 0 Å². The van der Waals surface area contributed by atoms with Gasteiger partial charge in [0.25, 0.3) is 0 Å². The predicted molar refractivity (Wildman–Crippen MR) is 108 cm³/mol. The van der Waals surface area contributed by atoms with Crippen LogP contribution in [0.15, 0.2) is 36.4 Å². The molecule has 0 aliphatic carbocycles. The summed E-state index contributed by atoms with van der Waals surface area (Å²) in [5.41, 5.74) is 2.14. The summed E-state index contributed by atoms with van der Waals surface area (Å²) in [5, 5.41) is 0. The maximum atomic E-state index is 12.8. The van der Waals surface area contributed by atoms with Crippen molar-refractivity contribution in [1.29, 1.82) is 0 Å². The molecular weight excluding hydrogens is 352 g/mol. The normalized spacial score (nSPS) is 22.3. The SMILES string of the molecule is CCCc1nc(C)cc(N2C[C@@H]3OCCC(=O)N(Cc4ccccc4)[C@H]3C2)n1. The van der Waals surface area contributed by atoms with Crippen LogP contribution < -0.4 is 4.90 Å². The number of aryl methyl sites for hydroxylation is 2. The van der Waals surface area contributed by atoms with Gasteiger partial charge in [-0.25, -0.2) is 9.97 Å². The lowest BCUT2D eigenvalue weighted by Gasteiger charge is -2.29. The third-order valence-corrected chi connectivity index (χ3v) is 5.49. The van der Waals surface area contributed by atoms with Gasteiger partial charge >= 0.3 is 0 Å². The average Bonchev–Trinajstić information content (AvgIpc) is 3.05. The van der Waals surface area contributed by atoms with E-state index in [1.165, 1.54) is 0 Å². The van der Waals surface area contributed by atoms with Gasteiger partial charge in [0.2, 0.25) is 5.91 Å². The fourth-order valence-electron chi connectivity index (χ4n) is 4.13. The summed E-state index contributed by atoms with van der Waals surface area (Å²) in [6, 6.07) is 12.3. The summed E-state index contributed by atoms with van der Waals surface area (Å²) in [5.74, 6) is 2.01. The van der Waals surface area contributed by atoms with E-state index in [-0.39, 0.29) is 18.1 Å². The van der Waals surface area contributed by atoms with E-state index in [9.17, 15) is 4.79 Å². The van der Waals surface area contributed by atoms with Gasteiger partial charge in [0.1, 0.15) is 11.6 Å². The number of amides is 1. The second kappa shape index (κ2) is 8.27. The molecule has 2 aromatic rings. The lowest BCUT2D eigenvalue weighted by Crippen LogP contribution is -2.45. The number of fused-ring (bicyclic) bond motifs is 1. The fraction of sp³-hybridized carbons (Fsp3) is 0.500. The van der Waals surface area contributed by atoms with Crippen LogP contribution in [-0.4, -0.2) is 52.6 Å². The Labute approximate surface area is 166 Å². The van der Waals surface area contributed by atoms with Crippen molar-refractivity contribution in [2.75, 3.05) is 24.6 Å². The monoisotopic (exact) mass is 380 g/mol. The van der Waals surface area contributed by atoms with E-state index in [0.29, 0.717) is 19.6 Å². The van der Waals surface area contributed by atoms with Gasteiger partial charge in [0.05, 0.1) is 25.2 Å². The van der Waals surface area contributed by atoms with Crippen molar-refractivity contribution in [3.05, 3.63) is 53.5 Å². The predicted octanol–water partition coefficient (Wildman–Crippen LogP) is 2.74. The quantitative estimate of drug-likeness (QED) is 0.798. The minimum absolute atomic E-state index is 0.0139. The van der Waals surface area contributed by atoms with Crippen molar-refractivity contribution in [3.63, 3.8) is 0 Å². The Kier molecular flexibility index (Phi) is 5.57. The van der Waals surface area contributed by atoms with Gasteiger partial charge in [-0.05, 0) is 18.9 Å². The average molecular weight is 380 g/mol. The second-order valence-corrected chi connectivity index (χ2v) is 7.67. The molecule has 1 aromatic carbocycles. The Balaban J connectivity index is 1.57. The van der Waals surface area contributed by atoms with Crippen LogP contribution in [0.2, 0.25) is 0 Å². The van der Waals surface area contributed by atoms with Crippen LogP contribution in [0.4, 0.5) is 5.82 Å². The van der Waals surface area contributed by atoms with E-state index in [0.717, 1.165) is 48.8 Å². The number of ether oxygens (including phenoxy) is 1. The van der Waals surface area contributed by atoms with Crippen LogP contribution in [0.3, 0.4) is 0 Å². The molecule has 2 aliphatic rings. The van der Waals surface area contributed by atoms with Crippen molar-refractivity contribution in [1.82, 2.24) is 14.9 Å². The minimum atomic E-state index is 0.0139. The van der Waals surface area contributed by atoms with E-state index < -0.39 is 0 Å². The minimum Gasteiger partial charge on any atom is -0.374 e. The molecule has 0 spiro atoms. The highest BCUT2D eigenvalue weighted by atomic mass is 16.5. The Bertz CT molecular complexity index is 827. The number of nitrogens with zero attached hydrogens (tertiary/aromatic N) is 4. The van der Waals surface area contributed by atoms with Crippen LogP contribution in [0, 0.1) is 6.92 Å². The zero-order valence-corrected chi connectivity index (χ0v) is 16.7. The van der Waals surface area contributed by atoms with Crippen LogP contribution in [0.25, 0.3) is 0 Å². The first-order chi connectivity index (χ1) is 13.6. The molecule has 6 heteroatoms. The molecule has 1 amide bonds. The molecule has 148 valence electrons. The van der Waals surface area contributed by atoms with Crippen LogP contribution in [-0.2, 0) is 22.5 Å². The summed E-state index contributed by atoms with van der Waals surface area (Å²) in [6.45, 7) is 6.77. The Morgan fingerprint density at radius 2 is 2.00 bits per heavy atom. The highest BCUT2D eigenvalue weighted by molar-refractivity contribution is 5.77. The third-order valence-electron chi connectivity index (χ3n) is 5.49. The van der Waals surface area contributed by atoms with Crippen LogP contribution in [0.5, 0.6) is 0 Å². The first kappa shape index (κ1) is 18.9. The van der Waals surface area contributed by atoms with E-state index in [4.69, 9.17) is 9.72 Å². The molecule has 0 bridgehead atoms. The zero-order chi connectivity index (χ0) is 19.5. The summed E-state index contributed by atoms with van der Waals surface area (Å²) < 4.78 is 6.08. The summed E-state index contributed by atoms with van der Waals surface area (Å²) in [6.07, 6.45) is 2.37. The van der Waals surface area contributed by atoms with Gasteiger partial charge in [0, 0.05) is 37.8 Å². The Morgan fingerprint density at radius 3 is 2.79 bits per heavy atom. The maximum Gasteiger partial charge on any atom is 0.225 e. The standard InChI is InChI=1S/C22H28N4O2/c1-3-7-20-23-16(2)12-21(24-20)25-14-18-19(15-25)28-11-10-22(27)26(18)13-17-8-5-4-6-9-17/h4-6,8-9,12,18-19H,3,7,10-11,13-15H2,1-2H3/t18-,19-/m0/s1. The molecule has 4 rings (SSSR count). The number of benzene rings is 1. The molecule has 0 unspecified atom stereocenters. The lowest BCUT2D eigenvalue weighted by molar-refractivity contribution is -0.133. The maximum absolute atomic E-state index is 12.8. The number of anilines is 1. The highest BCUT2D eigenvalue weighted by Crippen LogP contribution is 2.28. The first-order valence-corrected chi connectivity index (χ1v) is 10.2. The van der Waals surface area contributed by atoms with Crippen LogP contribution in [0.1, 0.15) is 36.8 Å². The topological polar surface area (TPSA) is 58.6 Å². The number of hydrogen-bond acceptors (Lipinski definition) is 5. The van der Waals surface area contributed by atoms with E-state index in [2.05, 4.69) is 28.9 Å². The summed E-state index contributed by atoms with van der Waals surface area (Å²) in [4.78, 5) is 26.4. The number of aromatic nitrogens is 2. The van der Waals surface area contributed by atoms with Crippen LogP contribution >= 0.6 is 0 Å². The van der Waals surface area contributed by atoms with Gasteiger partial charge < -0.3 is 14.5 Å². The van der Waals surface area contributed by atoms with Crippen molar-refractivity contribution < 1.29 is 9.53 Å². The molecular formula is C22H28N4O2. The van der Waals surface area contributed by atoms with E-state index >= 15 is 0 Å². The van der Waals surface area contributed by atoms with Gasteiger partial charge in [0.15, 0.2) is 0 Å². The molecule has 6 nitrogen and oxygen atoms in total. The molecule has 0 radical (unpaired) electrons. The summed E-state index contributed by atoms with van der Waals surface area (Å²) in [7, 11) is 0. The Hall–Kier alpha value is -2.47. The zero-order valence-electron chi connectivity index (χ0n) is 16.7. The molecule has 2 atom stereocenters. The number of rotatable bonds is 5. The van der Waals surface area contributed by atoms with E-state index in [1.807, 2.05) is 36.1 Å². The number of carbonyl (C=O) groups is 1. The molecule has 2 fully saturated rings. The molecule has 1 aromatic heterocycles. The van der Waals surface area contributed by atoms with Gasteiger partial charge in [-0.15, -0.1) is 0 Å². The molecule has 2 aliphatic heterocycles. The fourth-order valence-corrected chi connectivity index (χ4v) is 4.13. The highest BCUT2D eigenvalue weighted by Gasteiger charge is 2.41. The third kappa shape index (κ3) is 4.02. The van der Waals surface area contributed by atoms with Gasteiger partial charge in [-0.3, -0.25) is 4.79 Å². The molecule has 0 saturated carbocycles. The van der Waals surface area contributed by atoms with Crippen molar-refractivity contribution in [3.8, 4) is 0 Å². The van der Waals surface area contributed by atoms with Crippen molar-refractivity contribution in [2.45, 2.75) is 51.8 Å².